The Morgan fingerprint density at radius 3 is 2.29 bits per heavy atom. The van der Waals surface area contributed by atoms with Gasteiger partial charge in [-0.3, -0.25) is 15.2 Å². The second-order valence-corrected chi connectivity index (χ2v) is 4.48. The van der Waals surface area contributed by atoms with Crippen LogP contribution in [0.1, 0.15) is 12.0 Å². The van der Waals surface area contributed by atoms with Crippen LogP contribution in [0.4, 0.5) is 0 Å². The zero-order valence-corrected chi connectivity index (χ0v) is 11.4. The third kappa shape index (κ3) is 6.82. The molecule has 114 valence electrons. The van der Waals surface area contributed by atoms with Gasteiger partial charge in [0, 0.05) is 6.42 Å². The maximum absolute atomic E-state index is 10.6. The predicted molar refractivity (Wildman–Crippen MR) is 75.9 cm³/mol. The summed E-state index contributed by atoms with van der Waals surface area (Å²) in [5.41, 5.74) is 0.730. The Morgan fingerprint density at radius 1 is 1.24 bits per heavy atom. The molecule has 0 aliphatic heterocycles. The fourth-order valence-corrected chi connectivity index (χ4v) is 1.67. The molecule has 2 rings (SSSR count). The van der Waals surface area contributed by atoms with Crippen LogP contribution in [-0.2, 0) is 11.2 Å². The second-order valence-electron chi connectivity index (χ2n) is 4.48. The molecule has 0 radical (unpaired) electrons. The van der Waals surface area contributed by atoms with E-state index < -0.39 is 12.0 Å². The summed E-state index contributed by atoms with van der Waals surface area (Å²) in [6.07, 6.45) is 8.11. The van der Waals surface area contributed by atoms with Gasteiger partial charge in [0.05, 0.1) is 6.10 Å². The number of allylic oxidation sites excluding steroid dienone is 2. The van der Waals surface area contributed by atoms with E-state index in [9.17, 15) is 4.79 Å². The second kappa shape index (κ2) is 9.04. The van der Waals surface area contributed by atoms with Gasteiger partial charge in [-0.25, -0.2) is 0 Å². The van der Waals surface area contributed by atoms with Crippen molar-refractivity contribution in [2.45, 2.75) is 25.0 Å². The predicted octanol–water partition coefficient (Wildman–Crippen LogP) is 1.63. The standard InChI is InChI=1S/C9H11NO4.C6H8O/c11-9(12)8(10(13)14)6-7-4-2-1-3-5-7;7-6-4-2-1-3-5-6/h1-5,8,13-14H,6H2,(H,11,12);1-4,6-7H,5H2/t8-;/m0./s1. The smallest absolute Gasteiger partial charge is 0.326 e. The van der Waals surface area contributed by atoms with Gasteiger partial charge in [-0.2, -0.15) is 0 Å². The van der Waals surface area contributed by atoms with Crippen LogP contribution in [-0.4, -0.2) is 44.0 Å². The molecule has 0 amide bonds. The van der Waals surface area contributed by atoms with E-state index in [4.69, 9.17) is 20.6 Å². The highest BCUT2D eigenvalue weighted by Crippen LogP contribution is 2.06. The molecule has 1 aromatic carbocycles. The molecule has 0 saturated carbocycles. The van der Waals surface area contributed by atoms with Crippen LogP contribution in [0.25, 0.3) is 0 Å². The van der Waals surface area contributed by atoms with Gasteiger partial charge in [0.25, 0.3) is 0 Å². The summed E-state index contributed by atoms with van der Waals surface area (Å²) >= 11 is 0. The number of aliphatic hydroxyl groups is 1. The minimum atomic E-state index is -1.34. The lowest BCUT2D eigenvalue weighted by molar-refractivity contribution is -0.327. The Balaban J connectivity index is 0.000000262. The van der Waals surface area contributed by atoms with Gasteiger partial charge in [0.15, 0.2) is 6.04 Å². The first-order chi connectivity index (χ1) is 10.0. The minimum Gasteiger partial charge on any atom is -0.480 e. The first-order valence-electron chi connectivity index (χ1n) is 6.46. The van der Waals surface area contributed by atoms with E-state index in [1.165, 1.54) is 0 Å². The molecule has 1 aromatic rings. The number of carboxylic acid groups (broad SMARTS) is 1. The van der Waals surface area contributed by atoms with Crippen molar-refractivity contribution in [2.24, 2.45) is 0 Å². The topological polar surface area (TPSA) is 101 Å². The van der Waals surface area contributed by atoms with Gasteiger partial charge in [-0.15, -0.1) is 0 Å². The van der Waals surface area contributed by atoms with Crippen LogP contribution in [0.5, 0.6) is 0 Å². The number of aliphatic carboxylic acids is 1. The first-order valence-corrected chi connectivity index (χ1v) is 6.46. The van der Waals surface area contributed by atoms with Crippen molar-refractivity contribution in [3.8, 4) is 0 Å². The molecule has 0 aromatic heterocycles. The molecule has 0 fully saturated rings. The van der Waals surface area contributed by atoms with Crippen LogP contribution >= 0.6 is 0 Å². The summed E-state index contributed by atoms with van der Waals surface area (Å²) in [6, 6.07) is 7.42. The Kier molecular flexibility index (Phi) is 7.34. The van der Waals surface area contributed by atoms with E-state index in [1.54, 1.807) is 36.4 Å². The molecule has 1 unspecified atom stereocenters. The van der Waals surface area contributed by atoms with Crippen molar-refractivity contribution in [3.05, 3.63) is 60.2 Å². The largest absolute Gasteiger partial charge is 0.480 e. The van der Waals surface area contributed by atoms with E-state index in [2.05, 4.69) is 0 Å². The van der Waals surface area contributed by atoms with Gasteiger partial charge in [0.2, 0.25) is 0 Å². The van der Waals surface area contributed by atoms with Crippen molar-refractivity contribution in [2.75, 3.05) is 0 Å². The highest BCUT2D eigenvalue weighted by atomic mass is 16.8. The SMILES string of the molecule is O=C(O)[C@H](Cc1ccccc1)N(O)O.OC1C=CC=CC1. The molecular weight excluding hydrogens is 274 g/mol. The fraction of sp³-hybridized carbons (Fsp3) is 0.267. The number of aliphatic hydroxyl groups excluding tert-OH is 1. The van der Waals surface area contributed by atoms with Crippen LogP contribution in [0.3, 0.4) is 0 Å². The number of hydrogen-bond donors (Lipinski definition) is 4. The molecule has 0 spiro atoms. The molecule has 6 heteroatoms. The highest BCUT2D eigenvalue weighted by Gasteiger charge is 2.23. The number of benzene rings is 1. The average molecular weight is 293 g/mol. The van der Waals surface area contributed by atoms with E-state index in [0.717, 1.165) is 12.0 Å². The Hall–Kier alpha value is -1.99. The molecule has 6 nitrogen and oxygen atoms in total. The maximum Gasteiger partial charge on any atom is 0.326 e. The van der Waals surface area contributed by atoms with Crippen molar-refractivity contribution in [1.82, 2.24) is 5.23 Å². The lowest BCUT2D eigenvalue weighted by Gasteiger charge is -2.15. The van der Waals surface area contributed by atoms with Crippen molar-refractivity contribution < 1.29 is 25.4 Å². The van der Waals surface area contributed by atoms with Crippen LogP contribution in [0, 0.1) is 0 Å². The zero-order valence-electron chi connectivity index (χ0n) is 11.4. The number of carboxylic acids is 1. The Morgan fingerprint density at radius 2 is 1.90 bits per heavy atom. The third-order valence-electron chi connectivity index (χ3n) is 2.79. The van der Waals surface area contributed by atoms with E-state index in [0.29, 0.717) is 0 Å². The monoisotopic (exact) mass is 293 g/mol. The molecule has 1 aliphatic rings. The van der Waals surface area contributed by atoms with Crippen molar-refractivity contribution >= 4 is 5.97 Å². The molecule has 0 bridgehead atoms. The van der Waals surface area contributed by atoms with Gasteiger partial charge in [0.1, 0.15) is 0 Å². The van der Waals surface area contributed by atoms with E-state index in [1.807, 2.05) is 18.2 Å². The summed E-state index contributed by atoms with van der Waals surface area (Å²) in [5, 5.41) is 34.4. The minimum absolute atomic E-state index is 0.0448. The highest BCUT2D eigenvalue weighted by molar-refractivity contribution is 5.73. The Labute approximate surface area is 122 Å². The van der Waals surface area contributed by atoms with Crippen LogP contribution < -0.4 is 0 Å². The molecule has 0 saturated heterocycles. The van der Waals surface area contributed by atoms with Gasteiger partial charge < -0.3 is 10.2 Å². The number of hydroxylamine groups is 2. The average Bonchev–Trinajstić information content (AvgIpc) is 2.47. The van der Waals surface area contributed by atoms with Crippen LogP contribution in [0.15, 0.2) is 54.6 Å². The summed E-state index contributed by atoms with van der Waals surface area (Å²) in [6.45, 7) is 0. The summed E-state index contributed by atoms with van der Waals surface area (Å²) < 4.78 is 0. The van der Waals surface area contributed by atoms with E-state index >= 15 is 0 Å². The molecule has 2 atom stereocenters. The lowest BCUT2D eigenvalue weighted by atomic mass is 10.1. The fourth-order valence-electron chi connectivity index (χ4n) is 1.67. The number of rotatable bonds is 4. The summed E-state index contributed by atoms with van der Waals surface area (Å²) in [4.78, 5) is 10.6. The lowest BCUT2D eigenvalue weighted by Crippen LogP contribution is -2.38. The van der Waals surface area contributed by atoms with Crippen molar-refractivity contribution in [1.29, 1.82) is 0 Å². The number of hydrogen-bond acceptors (Lipinski definition) is 5. The molecule has 21 heavy (non-hydrogen) atoms. The Bertz CT molecular complexity index is 484. The molecule has 0 heterocycles. The third-order valence-corrected chi connectivity index (χ3v) is 2.79. The number of nitrogens with zero attached hydrogens (tertiary/aromatic N) is 1. The molecule has 4 N–H and O–H groups in total. The van der Waals surface area contributed by atoms with Crippen molar-refractivity contribution in [3.63, 3.8) is 0 Å². The van der Waals surface area contributed by atoms with Gasteiger partial charge >= 0.3 is 5.97 Å². The first kappa shape index (κ1) is 17.1. The van der Waals surface area contributed by atoms with E-state index in [-0.39, 0.29) is 17.8 Å². The number of carbonyl (C=O) groups is 1. The summed E-state index contributed by atoms with van der Waals surface area (Å²) in [7, 11) is 0. The van der Waals surface area contributed by atoms with Crippen LogP contribution in [0.2, 0.25) is 0 Å². The van der Waals surface area contributed by atoms with Gasteiger partial charge in [-0.1, -0.05) is 59.9 Å². The van der Waals surface area contributed by atoms with Gasteiger partial charge in [-0.05, 0) is 12.0 Å². The maximum atomic E-state index is 10.6. The molecule has 1 aliphatic carbocycles. The zero-order chi connectivity index (χ0) is 15.7. The normalized spacial score (nSPS) is 18.0. The quantitative estimate of drug-likeness (QED) is 0.629. The molecular formula is C15H19NO5. The summed E-state index contributed by atoms with van der Waals surface area (Å²) in [5.74, 6) is -1.28.